The van der Waals surface area contributed by atoms with E-state index in [1.807, 2.05) is 0 Å². The Labute approximate surface area is 98.7 Å². The van der Waals surface area contributed by atoms with Gasteiger partial charge in [0.25, 0.3) is 0 Å². The van der Waals surface area contributed by atoms with Crippen LogP contribution >= 0.6 is 7.82 Å². The highest BCUT2D eigenvalue weighted by Crippen LogP contribution is 2.42. The predicted octanol–water partition coefficient (Wildman–Crippen LogP) is -1.62. The molecule has 0 bridgehead atoms. The lowest BCUT2D eigenvalue weighted by molar-refractivity contribution is -0.116. The van der Waals surface area contributed by atoms with E-state index in [9.17, 15) is 4.57 Å². The second kappa shape index (κ2) is 9.89. The molecule has 0 spiro atoms. The number of aliphatic hydroxyl groups is 2. The number of phosphoric acid groups is 1. The third kappa shape index (κ3) is 9.60. The third-order valence-corrected chi connectivity index (χ3v) is 2.49. The molecule has 104 valence electrons. The SMILES string of the molecule is NCCOP(=O)(O)OCC(COCO)OCO. The molecule has 0 aliphatic carbocycles. The molecule has 0 saturated heterocycles. The first-order valence-electron chi connectivity index (χ1n) is 4.78. The van der Waals surface area contributed by atoms with Gasteiger partial charge in [-0.1, -0.05) is 0 Å². The highest BCUT2D eigenvalue weighted by Gasteiger charge is 2.23. The fraction of sp³-hybridized carbons (Fsp3) is 1.00. The molecular weight excluding hydrogens is 257 g/mol. The zero-order valence-electron chi connectivity index (χ0n) is 9.23. The van der Waals surface area contributed by atoms with Crippen LogP contribution in [0.2, 0.25) is 0 Å². The van der Waals surface area contributed by atoms with Crippen LogP contribution in [-0.4, -0.2) is 61.2 Å². The van der Waals surface area contributed by atoms with Crippen LogP contribution in [0, 0.1) is 0 Å². The topological polar surface area (TPSA) is 141 Å². The van der Waals surface area contributed by atoms with Gasteiger partial charge in [-0.05, 0) is 0 Å². The minimum atomic E-state index is -4.18. The number of hydrogen-bond donors (Lipinski definition) is 4. The van der Waals surface area contributed by atoms with Gasteiger partial charge in [-0.2, -0.15) is 0 Å². The molecule has 2 atom stereocenters. The van der Waals surface area contributed by atoms with E-state index in [1.54, 1.807) is 0 Å². The first-order chi connectivity index (χ1) is 8.05. The number of phosphoric ester groups is 1. The van der Waals surface area contributed by atoms with Gasteiger partial charge in [0, 0.05) is 6.54 Å². The minimum absolute atomic E-state index is 0.0815. The van der Waals surface area contributed by atoms with Crippen molar-refractivity contribution in [3.63, 3.8) is 0 Å². The van der Waals surface area contributed by atoms with Crippen molar-refractivity contribution in [2.45, 2.75) is 6.10 Å². The Kier molecular flexibility index (Phi) is 9.84. The number of hydrogen-bond acceptors (Lipinski definition) is 8. The molecule has 0 aliphatic heterocycles. The van der Waals surface area contributed by atoms with Gasteiger partial charge in [0.2, 0.25) is 0 Å². The van der Waals surface area contributed by atoms with Crippen molar-refractivity contribution < 1.29 is 38.2 Å². The normalized spacial score (nSPS) is 16.7. The average Bonchev–Trinajstić information content (AvgIpc) is 2.30. The Morgan fingerprint density at radius 1 is 1.18 bits per heavy atom. The van der Waals surface area contributed by atoms with Crippen LogP contribution in [0.1, 0.15) is 0 Å². The Morgan fingerprint density at radius 3 is 2.41 bits per heavy atom. The van der Waals surface area contributed by atoms with E-state index in [-0.39, 0.29) is 26.4 Å². The largest absolute Gasteiger partial charge is 0.472 e. The quantitative estimate of drug-likeness (QED) is 0.258. The van der Waals surface area contributed by atoms with Gasteiger partial charge in [0.15, 0.2) is 0 Å². The number of aliphatic hydroxyl groups excluding tert-OH is 2. The van der Waals surface area contributed by atoms with Gasteiger partial charge in [-0.3, -0.25) is 9.05 Å². The van der Waals surface area contributed by atoms with Crippen LogP contribution in [-0.2, 0) is 23.1 Å². The zero-order valence-corrected chi connectivity index (χ0v) is 10.1. The summed E-state index contributed by atoms with van der Waals surface area (Å²) in [4.78, 5) is 9.14. The number of nitrogens with two attached hydrogens (primary N) is 1. The summed E-state index contributed by atoms with van der Waals surface area (Å²) in [7, 11) is -4.18. The van der Waals surface area contributed by atoms with Gasteiger partial charge in [-0.15, -0.1) is 0 Å². The summed E-state index contributed by atoms with van der Waals surface area (Å²) in [6.07, 6.45) is -0.797. The van der Waals surface area contributed by atoms with E-state index in [0.717, 1.165) is 0 Å². The van der Waals surface area contributed by atoms with E-state index in [4.69, 9.17) is 25.6 Å². The van der Waals surface area contributed by atoms with Gasteiger partial charge in [0.05, 0.1) is 19.8 Å². The number of ether oxygens (including phenoxy) is 2. The molecule has 9 nitrogen and oxygen atoms in total. The molecule has 0 aromatic rings. The van der Waals surface area contributed by atoms with E-state index in [1.165, 1.54) is 0 Å². The molecule has 5 N–H and O–H groups in total. The van der Waals surface area contributed by atoms with Crippen molar-refractivity contribution in [1.29, 1.82) is 0 Å². The lowest BCUT2D eigenvalue weighted by Gasteiger charge is -2.18. The van der Waals surface area contributed by atoms with Crippen LogP contribution in [0.4, 0.5) is 0 Å². The van der Waals surface area contributed by atoms with E-state index in [0.29, 0.717) is 0 Å². The highest BCUT2D eigenvalue weighted by molar-refractivity contribution is 7.47. The average molecular weight is 275 g/mol. The summed E-state index contributed by atoms with van der Waals surface area (Å²) in [5.74, 6) is 0. The van der Waals surface area contributed by atoms with Crippen molar-refractivity contribution in [1.82, 2.24) is 0 Å². The molecule has 0 fully saturated rings. The summed E-state index contributed by atoms with van der Waals surface area (Å²) in [6, 6.07) is 0. The Balaban J connectivity index is 3.96. The van der Waals surface area contributed by atoms with Crippen LogP contribution in [0.25, 0.3) is 0 Å². The molecule has 0 heterocycles. The van der Waals surface area contributed by atoms with Gasteiger partial charge >= 0.3 is 7.82 Å². The molecule has 0 amide bonds. The van der Waals surface area contributed by atoms with Crippen molar-refractivity contribution in [3.05, 3.63) is 0 Å². The maximum absolute atomic E-state index is 11.2. The fourth-order valence-corrected chi connectivity index (χ4v) is 1.58. The van der Waals surface area contributed by atoms with Crippen LogP contribution in [0.15, 0.2) is 0 Å². The predicted molar refractivity (Wildman–Crippen MR) is 55.8 cm³/mol. The van der Waals surface area contributed by atoms with Gasteiger partial charge in [-0.25, -0.2) is 4.57 Å². The second-order valence-corrected chi connectivity index (χ2v) is 4.26. The molecule has 0 aromatic heterocycles. The molecule has 0 radical (unpaired) electrons. The molecule has 2 unspecified atom stereocenters. The lowest BCUT2D eigenvalue weighted by atomic mass is 10.4. The Hall–Kier alpha value is -0.0900. The van der Waals surface area contributed by atoms with Crippen molar-refractivity contribution in [2.75, 3.05) is 40.0 Å². The Bertz CT molecular complexity index is 228. The summed E-state index contributed by atoms with van der Waals surface area (Å²) in [5.41, 5.74) is 5.09. The summed E-state index contributed by atoms with van der Waals surface area (Å²) < 4.78 is 29.6. The first kappa shape index (κ1) is 16.9. The summed E-state index contributed by atoms with van der Waals surface area (Å²) in [6.45, 7) is -1.62. The van der Waals surface area contributed by atoms with Crippen molar-refractivity contribution >= 4 is 7.82 Å². The van der Waals surface area contributed by atoms with Crippen LogP contribution < -0.4 is 5.73 Å². The second-order valence-electron chi connectivity index (χ2n) is 2.80. The first-order valence-corrected chi connectivity index (χ1v) is 6.28. The van der Waals surface area contributed by atoms with Crippen LogP contribution in [0.3, 0.4) is 0 Å². The van der Waals surface area contributed by atoms with E-state index >= 15 is 0 Å². The summed E-state index contributed by atoms with van der Waals surface area (Å²) in [5, 5.41) is 16.9. The third-order valence-electron chi connectivity index (χ3n) is 1.50. The maximum Gasteiger partial charge on any atom is 0.472 e. The lowest BCUT2D eigenvalue weighted by Crippen LogP contribution is -2.26. The van der Waals surface area contributed by atoms with Crippen LogP contribution in [0.5, 0.6) is 0 Å². The number of rotatable bonds is 11. The molecule has 17 heavy (non-hydrogen) atoms. The maximum atomic E-state index is 11.2. The molecule has 0 aliphatic rings. The molecule has 0 saturated carbocycles. The fourth-order valence-electron chi connectivity index (χ4n) is 0.817. The highest BCUT2D eigenvalue weighted by atomic mass is 31.2. The van der Waals surface area contributed by atoms with E-state index in [2.05, 4.69) is 13.8 Å². The minimum Gasteiger partial charge on any atom is -0.371 e. The van der Waals surface area contributed by atoms with E-state index < -0.39 is 27.5 Å². The smallest absolute Gasteiger partial charge is 0.371 e. The van der Waals surface area contributed by atoms with Crippen molar-refractivity contribution in [2.24, 2.45) is 5.73 Å². The zero-order chi connectivity index (χ0) is 13.1. The molecule has 10 heteroatoms. The standard InChI is InChI=1S/C7H18NO8P/c8-1-2-15-17(11,12)16-4-7(14-6-10)3-13-5-9/h7,9-10H,1-6,8H2,(H,11,12). The summed E-state index contributed by atoms with van der Waals surface area (Å²) >= 11 is 0. The molecule has 0 aromatic carbocycles. The van der Waals surface area contributed by atoms with Gasteiger partial charge in [0.1, 0.15) is 19.7 Å². The molecular formula is C7H18NO8P. The monoisotopic (exact) mass is 275 g/mol. The molecule has 0 rings (SSSR count). The van der Waals surface area contributed by atoms with Crippen molar-refractivity contribution in [3.8, 4) is 0 Å². The van der Waals surface area contributed by atoms with Gasteiger partial charge < -0.3 is 30.3 Å². The Morgan fingerprint density at radius 2 is 1.88 bits per heavy atom.